The smallest absolute Gasteiger partial charge is 0.134 e. The molecule has 0 amide bonds. The third-order valence-corrected chi connectivity index (χ3v) is 2.88. The van der Waals surface area contributed by atoms with Crippen LogP contribution in [0.15, 0.2) is 0 Å². The summed E-state index contributed by atoms with van der Waals surface area (Å²) in [4.78, 5) is 8.47. The molecule has 1 aliphatic heterocycles. The third kappa shape index (κ3) is 2.41. The van der Waals surface area contributed by atoms with Gasteiger partial charge in [0.25, 0.3) is 0 Å². The van der Waals surface area contributed by atoms with Gasteiger partial charge in [-0.1, -0.05) is 0 Å². The molecule has 1 fully saturated rings. The van der Waals surface area contributed by atoms with Gasteiger partial charge in [-0.3, -0.25) is 0 Å². The van der Waals surface area contributed by atoms with E-state index in [1.165, 1.54) is 0 Å². The molecule has 16 heavy (non-hydrogen) atoms. The number of nitrogens with two attached hydrogens (primary N) is 1. The van der Waals surface area contributed by atoms with Crippen LogP contribution >= 0.6 is 0 Å². The Kier molecular flexibility index (Phi) is 3.24. The number of nitrogens with zero attached hydrogens (tertiary/aromatic N) is 2. The zero-order valence-electron chi connectivity index (χ0n) is 9.79. The number of hydrogen-bond acceptors (Lipinski definition) is 5. The predicted octanol–water partition coefficient (Wildman–Crippen LogP) is 1.12. The largest absolute Gasteiger partial charge is 0.383 e. The second kappa shape index (κ2) is 4.65. The van der Waals surface area contributed by atoms with E-state index in [0.29, 0.717) is 17.6 Å². The van der Waals surface area contributed by atoms with Gasteiger partial charge in [-0.25, -0.2) is 9.97 Å². The maximum atomic E-state index is 5.79. The second-order valence-corrected chi connectivity index (χ2v) is 4.24. The molecule has 88 valence electrons. The highest BCUT2D eigenvalue weighted by atomic mass is 16.5. The molecule has 1 aromatic rings. The highest BCUT2D eigenvalue weighted by molar-refractivity contribution is 5.54. The maximum Gasteiger partial charge on any atom is 0.134 e. The third-order valence-electron chi connectivity index (χ3n) is 2.88. The predicted molar refractivity (Wildman–Crippen MR) is 63.3 cm³/mol. The lowest BCUT2D eigenvalue weighted by atomic mass is 10.1. The van der Waals surface area contributed by atoms with Crippen molar-refractivity contribution >= 4 is 11.6 Å². The van der Waals surface area contributed by atoms with E-state index in [2.05, 4.69) is 15.3 Å². The van der Waals surface area contributed by atoms with Gasteiger partial charge >= 0.3 is 0 Å². The molecule has 0 aromatic carbocycles. The van der Waals surface area contributed by atoms with Gasteiger partial charge in [-0.15, -0.1) is 0 Å². The minimum atomic E-state index is 0.553. The Morgan fingerprint density at radius 2 is 2.25 bits per heavy atom. The molecule has 3 N–H and O–H groups in total. The molecule has 0 saturated carbocycles. The highest BCUT2D eigenvalue weighted by Gasteiger charge is 2.16. The van der Waals surface area contributed by atoms with Crippen molar-refractivity contribution in [2.75, 3.05) is 30.8 Å². The monoisotopic (exact) mass is 222 g/mol. The van der Waals surface area contributed by atoms with Crippen LogP contribution in [0.4, 0.5) is 11.6 Å². The summed E-state index contributed by atoms with van der Waals surface area (Å²) in [5.41, 5.74) is 6.71. The van der Waals surface area contributed by atoms with E-state index in [1.807, 2.05) is 13.8 Å². The average molecular weight is 222 g/mol. The van der Waals surface area contributed by atoms with Gasteiger partial charge in [-0.05, 0) is 20.3 Å². The first-order chi connectivity index (χ1) is 7.66. The Bertz CT molecular complexity index is 374. The zero-order valence-corrected chi connectivity index (χ0v) is 9.79. The number of rotatable bonds is 3. The number of nitrogens with one attached hydrogen (secondary N) is 1. The molecule has 0 radical (unpaired) electrons. The van der Waals surface area contributed by atoms with Crippen LogP contribution in [0.25, 0.3) is 0 Å². The molecule has 1 unspecified atom stereocenters. The van der Waals surface area contributed by atoms with Gasteiger partial charge in [0, 0.05) is 24.6 Å². The van der Waals surface area contributed by atoms with Crippen molar-refractivity contribution in [3.8, 4) is 0 Å². The molecule has 2 heterocycles. The number of nitrogen functional groups attached to an aromatic ring is 1. The Morgan fingerprint density at radius 1 is 1.44 bits per heavy atom. The summed E-state index contributed by atoms with van der Waals surface area (Å²) in [5, 5.41) is 3.33. The normalized spacial score (nSPS) is 20.0. The van der Waals surface area contributed by atoms with Gasteiger partial charge in [-0.2, -0.15) is 0 Å². The number of aromatic nitrogens is 2. The van der Waals surface area contributed by atoms with Crippen molar-refractivity contribution in [3.63, 3.8) is 0 Å². The van der Waals surface area contributed by atoms with E-state index in [0.717, 1.165) is 37.6 Å². The van der Waals surface area contributed by atoms with Crippen LogP contribution in [0.3, 0.4) is 0 Å². The molecule has 1 aliphatic rings. The average Bonchev–Trinajstić information content (AvgIpc) is 2.74. The molecule has 2 rings (SSSR count). The quantitative estimate of drug-likeness (QED) is 0.802. The van der Waals surface area contributed by atoms with Gasteiger partial charge in [0.2, 0.25) is 0 Å². The molecule has 0 aliphatic carbocycles. The van der Waals surface area contributed by atoms with E-state index >= 15 is 0 Å². The fourth-order valence-electron chi connectivity index (χ4n) is 1.81. The van der Waals surface area contributed by atoms with E-state index in [4.69, 9.17) is 10.5 Å². The fourth-order valence-corrected chi connectivity index (χ4v) is 1.81. The van der Waals surface area contributed by atoms with Crippen LogP contribution in [-0.2, 0) is 4.74 Å². The van der Waals surface area contributed by atoms with E-state index in [1.54, 1.807) is 0 Å². The number of aryl methyl sites for hydroxylation is 1. The zero-order chi connectivity index (χ0) is 11.5. The van der Waals surface area contributed by atoms with Crippen LogP contribution in [0, 0.1) is 19.8 Å². The summed E-state index contributed by atoms with van der Waals surface area (Å²) in [6.45, 7) is 6.38. The summed E-state index contributed by atoms with van der Waals surface area (Å²) >= 11 is 0. The van der Waals surface area contributed by atoms with Crippen LogP contribution in [-0.4, -0.2) is 29.7 Å². The number of hydrogen-bond donors (Lipinski definition) is 2. The van der Waals surface area contributed by atoms with Gasteiger partial charge in [0.15, 0.2) is 0 Å². The molecule has 5 nitrogen and oxygen atoms in total. The topological polar surface area (TPSA) is 73.1 Å². The van der Waals surface area contributed by atoms with Crippen LogP contribution in [0.1, 0.15) is 17.8 Å². The number of ether oxygens (including phenoxy) is 1. The lowest BCUT2D eigenvalue weighted by molar-refractivity contribution is 0.187. The van der Waals surface area contributed by atoms with Gasteiger partial charge in [0.05, 0.1) is 6.61 Å². The Balaban J connectivity index is 2.02. The summed E-state index contributed by atoms with van der Waals surface area (Å²) in [6, 6.07) is 0. The fraction of sp³-hybridized carbons (Fsp3) is 0.636. The lowest BCUT2D eigenvalue weighted by Gasteiger charge is -2.13. The standard InChI is InChI=1S/C11H18N4O/c1-7-10(12)14-8(2)15-11(7)13-5-9-3-4-16-6-9/h9H,3-6H2,1-2H3,(H3,12,13,14,15). The first-order valence-electron chi connectivity index (χ1n) is 5.59. The Morgan fingerprint density at radius 3 is 2.94 bits per heavy atom. The molecule has 0 bridgehead atoms. The minimum absolute atomic E-state index is 0.553. The van der Waals surface area contributed by atoms with E-state index in [9.17, 15) is 0 Å². The van der Waals surface area contributed by atoms with Crippen molar-refractivity contribution in [2.24, 2.45) is 5.92 Å². The number of anilines is 2. The molecule has 5 heteroatoms. The van der Waals surface area contributed by atoms with Crippen molar-refractivity contribution in [2.45, 2.75) is 20.3 Å². The molecule has 0 spiro atoms. The summed E-state index contributed by atoms with van der Waals surface area (Å²) in [7, 11) is 0. The summed E-state index contributed by atoms with van der Waals surface area (Å²) in [6.07, 6.45) is 1.12. The molecule has 1 saturated heterocycles. The van der Waals surface area contributed by atoms with Crippen LogP contribution in [0.2, 0.25) is 0 Å². The molecular weight excluding hydrogens is 204 g/mol. The molecule has 1 atom stereocenters. The minimum Gasteiger partial charge on any atom is -0.383 e. The van der Waals surface area contributed by atoms with Crippen molar-refractivity contribution in [1.82, 2.24) is 9.97 Å². The lowest BCUT2D eigenvalue weighted by Crippen LogP contribution is -2.16. The Hall–Kier alpha value is -1.36. The van der Waals surface area contributed by atoms with Gasteiger partial charge in [0.1, 0.15) is 17.5 Å². The van der Waals surface area contributed by atoms with E-state index in [-0.39, 0.29) is 0 Å². The SMILES string of the molecule is Cc1nc(N)c(C)c(NCC2CCOC2)n1. The summed E-state index contributed by atoms with van der Waals surface area (Å²) < 4.78 is 5.33. The molecule has 1 aromatic heterocycles. The molecular formula is C11H18N4O. The first-order valence-corrected chi connectivity index (χ1v) is 5.59. The van der Waals surface area contributed by atoms with E-state index < -0.39 is 0 Å². The first kappa shape index (κ1) is 11.1. The van der Waals surface area contributed by atoms with Crippen molar-refractivity contribution < 1.29 is 4.74 Å². The Labute approximate surface area is 95.4 Å². The van der Waals surface area contributed by atoms with Gasteiger partial charge < -0.3 is 15.8 Å². The highest BCUT2D eigenvalue weighted by Crippen LogP contribution is 2.19. The maximum absolute atomic E-state index is 5.79. The summed E-state index contributed by atoms with van der Waals surface area (Å²) in [5.74, 6) is 2.68. The second-order valence-electron chi connectivity index (χ2n) is 4.24. The van der Waals surface area contributed by atoms with Crippen LogP contribution < -0.4 is 11.1 Å². The van der Waals surface area contributed by atoms with Crippen molar-refractivity contribution in [1.29, 1.82) is 0 Å². The van der Waals surface area contributed by atoms with Crippen molar-refractivity contribution in [3.05, 3.63) is 11.4 Å². The van der Waals surface area contributed by atoms with Crippen LogP contribution in [0.5, 0.6) is 0 Å².